The van der Waals surface area contributed by atoms with E-state index in [0.717, 1.165) is 0 Å². The molecule has 0 spiro atoms. The number of aromatic nitrogens is 1. The van der Waals surface area contributed by atoms with Gasteiger partial charge in [0, 0.05) is 11.5 Å². The maximum Gasteiger partial charge on any atom is 0.354 e. The molecule has 0 saturated carbocycles. The quantitative estimate of drug-likeness (QED) is 0.742. The van der Waals surface area contributed by atoms with Gasteiger partial charge < -0.3 is 19.6 Å². The monoisotopic (exact) mass is 328 g/mol. The molecule has 0 bridgehead atoms. The number of benzene rings is 1. The largest absolute Gasteiger partial charge is 0.493 e. The number of rotatable bonds is 6. The smallest absolute Gasteiger partial charge is 0.354 e. The van der Waals surface area contributed by atoms with Crippen LogP contribution in [0.3, 0.4) is 0 Å². The molecule has 8 nitrogen and oxygen atoms in total. The Kier molecular flexibility index (Phi) is 4.18. The van der Waals surface area contributed by atoms with Gasteiger partial charge >= 0.3 is 5.97 Å². The highest BCUT2D eigenvalue weighted by Gasteiger charge is 2.22. The van der Waals surface area contributed by atoms with Gasteiger partial charge in [-0.05, 0) is 13.0 Å². The lowest BCUT2D eigenvalue weighted by Crippen LogP contribution is -2.16. The molecule has 9 heteroatoms. The fourth-order valence-electron chi connectivity index (χ4n) is 2.02. The van der Waals surface area contributed by atoms with Crippen LogP contribution in [0.5, 0.6) is 11.5 Å². The third-order valence-corrected chi connectivity index (χ3v) is 4.43. The number of sulfonamides is 1. The van der Waals surface area contributed by atoms with Gasteiger partial charge in [-0.3, -0.25) is 4.72 Å². The Labute approximate surface area is 127 Å². The average Bonchev–Trinajstić information content (AvgIpc) is 2.83. The molecular weight excluding hydrogens is 312 g/mol. The average molecular weight is 328 g/mol. The number of carboxylic acids is 1. The Morgan fingerprint density at radius 1 is 1.27 bits per heavy atom. The number of anilines is 1. The summed E-state index contributed by atoms with van der Waals surface area (Å²) in [6.07, 6.45) is 0. The van der Waals surface area contributed by atoms with E-state index in [9.17, 15) is 18.3 Å². The van der Waals surface area contributed by atoms with Crippen molar-refractivity contribution < 1.29 is 27.8 Å². The second-order valence-corrected chi connectivity index (χ2v) is 6.45. The number of methoxy groups -OCH3 is 2. The lowest BCUT2D eigenvalue weighted by Gasteiger charge is -2.09. The topological polar surface area (TPSA) is 118 Å². The summed E-state index contributed by atoms with van der Waals surface area (Å²) >= 11 is 0. The number of aromatic amines is 1. The van der Waals surface area contributed by atoms with Gasteiger partial charge in [0.1, 0.15) is 5.69 Å². The van der Waals surface area contributed by atoms with E-state index in [2.05, 4.69) is 9.71 Å². The highest BCUT2D eigenvalue weighted by molar-refractivity contribution is 7.92. The van der Waals surface area contributed by atoms with Crippen molar-refractivity contribution in [1.82, 2.24) is 4.98 Å². The Morgan fingerprint density at radius 3 is 2.36 bits per heavy atom. The van der Waals surface area contributed by atoms with E-state index in [1.807, 2.05) is 0 Å². The van der Waals surface area contributed by atoms with Crippen LogP contribution in [0.2, 0.25) is 0 Å². The zero-order valence-corrected chi connectivity index (χ0v) is 13.1. The van der Waals surface area contributed by atoms with Crippen LogP contribution in [0.4, 0.5) is 5.69 Å². The molecule has 0 saturated heterocycles. The number of carbonyl (C=O) groups is 1. The Hall–Kier alpha value is -2.42. The standard InChI is InChI=1S/C13H16N2O6S/c1-4-22(18,19)15-11-7-5-9(20-2)10(21-3)6-8(7)14-12(11)13(16)17/h5-6,14-15H,4H2,1-3H3,(H,16,17). The van der Waals surface area contributed by atoms with E-state index in [0.29, 0.717) is 22.4 Å². The number of aromatic carboxylic acids is 1. The second kappa shape index (κ2) is 5.76. The molecule has 1 aromatic carbocycles. The van der Waals surface area contributed by atoms with E-state index >= 15 is 0 Å². The molecule has 1 aromatic heterocycles. The molecule has 120 valence electrons. The highest BCUT2D eigenvalue weighted by Crippen LogP contribution is 2.37. The van der Waals surface area contributed by atoms with Crippen molar-refractivity contribution in [3.8, 4) is 11.5 Å². The Morgan fingerprint density at radius 2 is 1.86 bits per heavy atom. The molecule has 0 fully saturated rings. The number of fused-ring (bicyclic) bond motifs is 1. The first kappa shape index (κ1) is 16.0. The third kappa shape index (κ3) is 2.80. The van der Waals surface area contributed by atoms with Gasteiger partial charge in [0.05, 0.1) is 31.2 Å². The zero-order valence-electron chi connectivity index (χ0n) is 12.3. The molecule has 3 N–H and O–H groups in total. The van der Waals surface area contributed by atoms with Crippen molar-refractivity contribution in [2.24, 2.45) is 0 Å². The van der Waals surface area contributed by atoms with Gasteiger partial charge in [-0.1, -0.05) is 0 Å². The second-order valence-electron chi connectivity index (χ2n) is 4.44. The van der Waals surface area contributed by atoms with Crippen molar-refractivity contribution in [1.29, 1.82) is 0 Å². The van der Waals surface area contributed by atoms with Crippen LogP contribution < -0.4 is 14.2 Å². The summed E-state index contributed by atoms with van der Waals surface area (Å²) in [7, 11) is -0.746. The van der Waals surface area contributed by atoms with Gasteiger partial charge in [0.15, 0.2) is 11.5 Å². The van der Waals surface area contributed by atoms with Gasteiger partial charge in [0.2, 0.25) is 10.0 Å². The molecule has 1 heterocycles. The molecule has 2 aromatic rings. The number of hydrogen-bond acceptors (Lipinski definition) is 5. The van der Waals surface area contributed by atoms with E-state index in [-0.39, 0.29) is 17.1 Å². The number of nitrogens with one attached hydrogen (secondary N) is 2. The number of carboxylic acid groups (broad SMARTS) is 1. The fraction of sp³-hybridized carbons (Fsp3) is 0.308. The van der Waals surface area contributed by atoms with Crippen LogP contribution >= 0.6 is 0 Å². The molecular formula is C13H16N2O6S. The summed E-state index contributed by atoms with van der Waals surface area (Å²) in [6.45, 7) is 1.46. The maximum absolute atomic E-state index is 11.8. The van der Waals surface area contributed by atoms with Crippen LogP contribution in [0.25, 0.3) is 10.9 Å². The van der Waals surface area contributed by atoms with Crippen LogP contribution in [0.15, 0.2) is 12.1 Å². The lowest BCUT2D eigenvalue weighted by molar-refractivity contribution is 0.0692. The summed E-state index contributed by atoms with van der Waals surface area (Å²) in [5.41, 5.74) is 0.150. The van der Waals surface area contributed by atoms with Gasteiger partial charge in [-0.25, -0.2) is 13.2 Å². The summed E-state index contributed by atoms with van der Waals surface area (Å²) in [6, 6.07) is 3.06. The number of hydrogen-bond donors (Lipinski definition) is 3. The van der Waals surface area contributed by atoms with Crippen molar-refractivity contribution in [3.63, 3.8) is 0 Å². The molecule has 0 aliphatic rings. The maximum atomic E-state index is 11.8. The Balaban J connectivity index is 2.75. The molecule has 0 unspecified atom stereocenters. The van der Waals surface area contributed by atoms with Crippen LogP contribution in [-0.4, -0.2) is 44.5 Å². The summed E-state index contributed by atoms with van der Waals surface area (Å²) in [4.78, 5) is 14.0. The van der Waals surface area contributed by atoms with Gasteiger partial charge in [-0.15, -0.1) is 0 Å². The van der Waals surface area contributed by atoms with E-state index in [1.54, 1.807) is 6.07 Å². The summed E-state index contributed by atoms with van der Waals surface area (Å²) in [5, 5.41) is 9.64. The van der Waals surface area contributed by atoms with Crippen molar-refractivity contribution in [3.05, 3.63) is 17.8 Å². The van der Waals surface area contributed by atoms with Crippen molar-refractivity contribution in [2.75, 3.05) is 24.7 Å². The molecule has 0 radical (unpaired) electrons. The summed E-state index contributed by atoms with van der Waals surface area (Å²) < 4.78 is 36.2. The number of H-pyrrole nitrogens is 1. The van der Waals surface area contributed by atoms with Crippen molar-refractivity contribution >= 4 is 32.6 Å². The minimum Gasteiger partial charge on any atom is -0.493 e. The molecule has 22 heavy (non-hydrogen) atoms. The zero-order chi connectivity index (χ0) is 16.5. The lowest BCUT2D eigenvalue weighted by atomic mass is 10.2. The molecule has 0 aliphatic carbocycles. The molecule has 0 amide bonds. The first-order chi connectivity index (χ1) is 10.3. The molecule has 0 atom stereocenters. The van der Waals surface area contributed by atoms with Crippen LogP contribution in [0.1, 0.15) is 17.4 Å². The van der Waals surface area contributed by atoms with Crippen LogP contribution in [-0.2, 0) is 10.0 Å². The number of ether oxygens (including phenoxy) is 2. The van der Waals surface area contributed by atoms with Crippen molar-refractivity contribution in [2.45, 2.75) is 6.92 Å². The first-order valence-corrected chi connectivity index (χ1v) is 7.99. The predicted molar refractivity (Wildman–Crippen MR) is 81.4 cm³/mol. The highest BCUT2D eigenvalue weighted by atomic mass is 32.2. The molecule has 2 rings (SSSR count). The minimum atomic E-state index is -3.63. The third-order valence-electron chi connectivity index (χ3n) is 3.15. The fourth-order valence-corrected chi connectivity index (χ4v) is 2.68. The molecule has 0 aliphatic heterocycles. The van der Waals surface area contributed by atoms with Gasteiger partial charge in [-0.2, -0.15) is 0 Å². The van der Waals surface area contributed by atoms with E-state index in [1.165, 1.54) is 27.2 Å². The Bertz CT molecular complexity index is 825. The van der Waals surface area contributed by atoms with Gasteiger partial charge in [0.25, 0.3) is 0 Å². The van der Waals surface area contributed by atoms with E-state index in [4.69, 9.17) is 9.47 Å². The van der Waals surface area contributed by atoms with Crippen LogP contribution in [0, 0.1) is 0 Å². The first-order valence-electron chi connectivity index (χ1n) is 6.34. The normalized spacial score (nSPS) is 11.4. The SMILES string of the molecule is CCS(=O)(=O)Nc1c(C(=O)O)[nH]c2cc(OC)c(OC)cc12. The predicted octanol–water partition coefficient (Wildman–Crippen LogP) is 1.64. The van der Waals surface area contributed by atoms with E-state index < -0.39 is 16.0 Å². The minimum absolute atomic E-state index is 0.0229. The summed E-state index contributed by atoms with van der Waals surface area (Å²) in [5.74, 6) is -0.685.